The van der Waals surface area contributed by atoms with Gasteiger partial charge in [0.1, 0.15) is 13.2 Å². The molecule has 0 aliphatic heterocycles. The number of carboxylic acid groups (broad SMARTS) is 1. The number of allylic oxidation sites excluding steroid dienone is 12. The third-order valence-corrected chi connectivity index (χ3v) is 9.44. The molecule has 0 amide bonds. The Morgan fingerprint density at radius 1 is 0.525 bits per heavy atom. The zero-order chi connectivity index (χ0) is 43.5. The van der Waals surface area contributed by atoms with Crippen molar-refractivity contribution in [3.63, 3.8) is 0 Å². The minimum absolute atomic E-state index is 0.137. The van der Waals surface area contributed by atoms with E-state index < -0.39 is 24.3 Å². The first-order valence-corrected chi connectivity index (χ1v) is 23.1. The molecule has 0 aromatic heterocycles. The molecule has 0 saturated heterocycles. The van der Waals surface area contributed by atoms with Gasteiger partial charge in [0.05, 0.1) is 40.3 Å². The van der Waals surface area contributed by atoms with Crippen molar-refractivity contribution in [2.45, 2.75) is 180 Å². The summed E-state index contributed by atoms with van der Waals surface area (Å²) in [7, 11) is 5.89. The lowest BCUT2D eigenvalue weighted by Crippen LogP contribution is -2.44. The second-order valence-corrected chi connectivity index (χ2v) is 16.3. The number of rotatable bonds is 41. The van der Waals surface area contributed by atoms with Crippen molar-refractivity contribution < 1.29 is 42.9 Å². The summed E-state index contributed by atoms with van der Waals surface area (Å²) in [5.74, 6) is -2.34. The molecule has 59 heavy (non-hydrogen) atoms. The number of carbonyl (C=O) groups is 3. The van der Waals surface area contributed by atoms with Gasteiger partial charge in [-0.3, -0.25) is 9.59 Å². The minimum atomic E-state index is -1.63. The van der Waals surface area contributed by atoms with Crippen LogP contribution in [0.1, 0.15) is 168 Å². The van der Waals surface area contributed by atoms with Crippen LogP contribution in [-0.2, 0) is 33.3 Å². The zero-order valence-corrected chi connectivity index (χ0v) is 38.1. The fraction of sp³-hybridized carbons (Fsp3) is 0.700. The highest BCUT2D eigenvalue weighted by Gasteiger charge is 2.21. The molecule has 0 spiro atoms. The maximum atomic E-state index is 12.8. The van der Waals surface area contributed by atoms with Crippen LogP contribution in [0.2, 0.25) is 0 Å². The second-order valence-electron chi connectivity index (χ2n) is 16.3. The Hall–Kier alpha value is -3.27. The molecule has 0 bridgehead atoms. The Morgan fingerprint density at radius 3 is 1.44 bits per heavy atom. The summed E-state index contributed by atoms with van der Waals surface area (Å²) in [6.07, 6.45) is 47.8. The van der Waals surface area contributed by atoms with Crippen LogP contribution in [0, 0.1) is 0 Å². The lowest BCUT2D eigenvalue weighted by atomic mass is 10.1. The van der Waals surface area contributed by atoms with E-state index in [-0.39, 0.29) is 38.6 Å². The van der Waals surface area contributed by atoms with E-state index >= 15 is 0 Å². The largest absolute Gasteiger partial charge is 0.545 e. The fourth-order valence-corrected chi connectivity index (χ4v) is 5.85. The van der Waals surface area contributed by atoms with Crippen LogP contribution in [0.5, 0.6) is 0 Å². The van der Waals surface area contributed by atoms with Crippen molar-refractivity contribution >= 4 is 17.9 Å². The van der Waals surface area contributed by atoms with Gasteiger partial charge >= 0.3 is 11.9 Å². The monoisotopic (exact) mass is 828 g/mol. The molecule has 0 aliphatic carbocycles. The van der Waals surface area contributed by atoms with E-state index in [1.165, 1.54) is 44.9 Å². The first kappa shape index (κ1) is 55.7. The van der Waals surface area contributed by atoms with E-state index in [1.807, 2.05) is 21.1 Å². The summed E-state index contributed by atoms with van der Waals surface area (Å²) in [4.78, 5) is 37.0. The molecule has 0 aliphatic rings. The van der Waals surface area contributed by atoms with Gasteiger partial charge in [-0.1, -0.05) is 145 Å². The molecule has 0 aromatic rings. The van der Waals surface area contributed by atoms with Crippen LogP contribution >= 0.6 is 0 Å². The molecular weight excluding hydrogens is 743 g/mol. The minimum Gasteiger partial charge on any atom is -0.545 e. The number of likely N-dealkylation sites (N-methyl/N-ethyl adjacent to an activating group) is 1. The van der Waals surface area contributed by atoms with Crippen LogP contribution < -0.4 is 5.11 Å². The lowest BCUT2D eigenvalue weighted by molar-refractivity contribution is -0.870. The number of unbranched alkanes of at least 4 members (excludes halogenated alkanes) is 14. The molecule has 0 rings (SSSR count). The van der Waals surface area contributed by atoms with Gasteiger partial charge in [0, 0.05) is 12.8 Å². The predicted molar refractivity (Wildman–Crippen MR) is 241 cm³/mol. The smallest absolute Gasteiger partial charge is 0.306 e. The number of carbonyl (C=O) groups excluding carboxylic acids is 3. The quantitative estimate of drug-likeness (QED) is 0.0197. The van der Waals surface area contributed by atoms with Gasteiger partial charge in [-0.2, -0.15) is 0 Å². The number of esters is 2. The number of hydrogen-bond donors (Lipinski definition) is 0. The number of aliphatic carboxylic acids is 1. The van der Waals surface area contributed by atoms with Crippen molar-refractivity contribution in [1.29, 1.82) is 0 Å². The molecule has 2 unspecified atom stereocenters. The van der Waals surface area contributed by atoms with Gasteiger partial charge < -0.3 is 33.3 Å². The molecule has 0 radical (unpaired) electrons. The molecular formula is C50H85NO8. The third kappa shape index (κ3) is 42.7. The van der Waals surface area contributed by atoms with Gasteiger partial charge in [0.25, 0.3) is 0 Å². The van der Waals surface area contributed by atoms with Gasteiger partial charge in [-0.15, -0.1) is 0 Å². The van der Waals surface area contributed by atoms with Crippen LogP contribution in [0.4, 0.5) is 0 Å². The van der Waals surface area contributed by atoms with Crippen LogP contribution in [0.3, 0.4) is 0 Å². The Labute approximate surface area is 360 Å². The van der Waals surface area contributed by atoms with E-state index in [0.29, 0.717) is 17.4 Å². The van der Waals surface area contributed by atoms with Gasteiger partial charge in [0.2, 0.25) is 0 Å². The summed E-state index contributed by atoms with van der Waals surface area (Å²) in [5.41, 5.74) is 0. The average Bonchev–Trinajstić information content (AvgIpc) is 3.19. The van der Waals surface area contributed by atoms with Crippen molar-refractivity contribution in [3.8, 4) is 0 Å². The maximum absolute atomic E-state index is 12.8. The van der Waals surface area contributed by atoms with Crippen LogP contribution in [-0.4, -0.2) is 82.3 Å². The summed E-state index contributed by atoms with van der Waals surface area (Å²) < 4.78 is 22.5. The molecule has 338 valence electrons. The van der Waals surface area contributed by atoms with E-state index in [0.717, 1.165) is 89.9 Å². The van der Waals surface area contributed by atoms with E-state index in [4.69, 9.17) is 18.9 Å². The maximum Gasteiger partial charge on any atom is 0.306 e. The molecule has 0 fully saturated rings. The molecule has 9 heteroatoms. The SMILES string of the molecule is CC/C=C\C/C=C\C/C=C\C/C=C\CCCCCCC(=O)OC(COC(=O)CCCCCCCCC/C=C\C/C=C\CCCCC)COC(OCC[N+](C)(C)C)C(=O)[O-]. The highest BCUT2D eigenvalue weighted by molar-refractivity contribution is 5.70. The molecule has 0 heterocycles. The summed E-state index contributed by atoms with van der Waals surface area (Å²) in [6.45, 7) is 4.54. The first-order valence-electron chi connectivity index (χ1n) is 23.1. The summed E-state index contributed by atoms with van der Waals surface area (Å²) in [5, 5.41) is 11.7. The lowest BCUT2D eigenvalue weighted by Gasteiger charge is -2.26. The van der Waals surface area contributed by atoms with Crippen LogP contribution in [0.15, 0.2) is 72.9 Å². The highest BCUT2D eigenvalue weighted by Crippen LogP contribution is 2.13. The van der Waals surface area contributed by atoms with Crippen LogP contribution in [0.25, 0.3) is 0 Å². The number of hydrogen-bond acceptors (Lipinski definition) is 8. The van der Waals surface area contributed by atoms with Gasteiger partial charge in [-0.05, 0) is 83.5 Å². The van der Waals surface area contributed by atoms with Gasteiger partial charge in [-0.25, -0.2) is 0 Å². The van der Waals surface area contributed by atoms with Gasteiger partial charge in [0.15, 0.2) is 12.4 Å². The highest BCUT2D eigenvalue weighted by atomic mass is 16.7. The van der Waals surface area contributed by atoms with Crippen molar-refractivity contribution in [1.82, 2.24) is 0 Å². The summed E-state index contributed by atoms with van der Waals surface area (Å²) >= 11 is 0. The average molecular weight is 828 g/mol. The standard InChI is InChI=1S/C50H85NO8/c1-6-8-10-12-14-16-18-20-22-24-26-28-30-32-34-36-38-40-47(52)57-44-46(45-58-50(49(54)55)56-43-42-51(3,4)5)59-48(53)41-39-37-35-33-31-29-27-25-23-21-19-17-15-13-11-9-7-2/h9,11,14-17,20-23,27,29,46,50H,6-8,10,12-13,18-19,24-26,28,30-45H2,1-5H3/b11-9-,16-14-,17-15-,22-20-,23-21-,29-27-. The number of ether oxygens (including phenoxy) is 4. The zero-order valence-electron chi connectivity index (χ0n) is 38.1. The molecule has 0 saturated carbocycles. The first-order chi connectivity index (χ1) is 28.6. The molecule has 0 N–H and O–H groups in total. The second kappa shape index (κ2) is 41.5. The fourth-order valence-electron chi connectivity index (χ4n) is 5.85. The Balaban J connectivity index is 4.49. The van der Waals surface area contributed by atoms with E-state index in [2.05, 4.69) is 86.8 Å². The Bertz CT molecular complexity index is 1200. The Kier molecular flexibility index (Phi) is 39.2. The van der Waals surface area contributed by atoms with E-state index in [1.54, 1.807) is 0 Å². The Morgan fingerprint density at radius 2 is 0.966 bits per heavy atom. The van der Waals surface area contributed by atoms with Crippen molar-refractivity contribution in [2.24, 2.45) is 0 Å². The number of nitrogens with zero attached hydrogens (tertiary/aromatic N) is 1. The molecule has 9 nitrogen and oxygen atoms in total. The number of quaternary nitrogens is 1. The molecule has 2 atom stereocenters. The topological polar surface area (TPSA) is 111 Å². The summed E-state index contributed by atoms with van der Waals surface area (Å²) in [6, 6.07) is 0. The molecule has 0 aromatic carbocycles. The van der Waals surface area contributed by atoms with E-state index in [9.17, 15) is 19.5 Å². The normalized spacial score (nSPS) is 13.6. The van der Waals surface area contributed by atoms with Crippen molar-refractivity contribution in [3.05, 3.63) is 72.9 Å². The third-order valence-electron chi connectivity index (χ3n) is 9.44. The number of carboxylic acids is 1. The predicted octanol–water partition coefficient (Wildman–Crippen LogP) is 11.0. The van der Waals surface area contributed by atoms with Crippen molar-refractivity contribution in [2.75, 3.05) is 47.5 Å².